The van der Waals surface area contributed by atoms with Gasteiger partial charge in [0.15, 0.2) is 5.90 Å². The Morgan fingerprint density at radius 2 is 1.91 bits per heavy atom. The molecule has 1 aliphatic heterocycles. The Morgan fingerprint density at radius 1 is 1.36 bits per heavy atom. The molecule has 0 N–H and O–H groups in total. The third kappa shape index (κ3) is 1.42. The van der Waals surface area contributed by atoms with E-state index in [1.54, 1.807) is 0 Å². The highest BCUT2D eigenvalue weighted by Crippen LogP contribution is 2.14. The Kier molecular flexibility index (Phi) is 1.74. The van der Waals surface area contributed by atoms with Gasteiger partial charge in [-0.2, -0.15) is 9.57 Å². The van der Waals surface area contributed by atoms with Crippen LogP contribution in [-0.2, 0) is 4.74 Å². The molecule has 11 heavy (non-hydrogen) atoms. The van der Waals surface area contributed by atoms with Gasteiger partial charge in [0.05, 0.1) is 6.92 Å². The third-order valence-corrected chi connectivity index (χ3v) is 2.02. The first-order valence-corrected chi connectivity index (χ1v) is 3.75. The van der Waals surface area contributed by atoms with Gasteiger partial charge in [0.25, 0.3) is 5.66 Å². The van der Waals surface area contributed by atoms with E-state index in [2.05, 4.69) is 18.8 Å². The van der Waals surface area contributed by atoms with Gasteiger partial charge in [0, 0.05) is 20.8 Å². The van der Waals surface area contributed by atoms with Crippen LogP contribution in [0.25, 0.3) is 0 Å². The molecular weight excluding hydrogens is 140 g/mol. The molecule has 0 aliphatic carbocycles. The predicted molar refractivity (Wildman–Crippen MR) is 45.1 cm³/mol. The summed E-state index contributed by atoms with van der Waals surface area (Å²) in [6.45, 7) is 7.93. The Morgan fingerprint density at radius 3 is 2.36 bits per heavy atom. The van der Waals surface area contributed by atoms with Crippen molar-refractivity contribution in [1.29, 1.82) is 0 Å². The lowest BCUT2D eigenvalue weighted by atomic mass is 10.2. The van der Waals surface area contributed by atoms with Gasteiger partial charge < -0.3 is 4.74 Å². The first kappa shape index (κ1) is 8.24. The molecule has 0 radical (unpaired) electrons. The van der Waals surface area contributed by atoms with Crippen LogP contribution < -0.4 is 0 Å². The highest BCUT2D eigenvalue weighted by molar-refractivity contribution is 5.87. The van der Waals surface area contributed by atoms with E-state index in [1.807, 2.05) is 25.5 Å². The van der Waals surface area contributed by atoms with Crippen LogP contribution in [-0.4, -0.2) is 29.1 Å². The number of ether oxygens (including phenoxy) is 1. The topological polar surface area (TPSA) is 24.6 Å². The summed E-state index contributed by atoms with van der Waals surface area (Å²) >= 11 is 0. The fraction of sp³-hybridized carbons (Fsp3) is 0.750. The summed E-state index contributed by atoms with van der Waals surface area (Å²) < 4.78 is 7.34. The van der Waals surface area contributed by atoms with E-state index in [1.165, 1.54) is 0 Å². The normalized spacial score (nSPS) is 22.8. The number of rotatable bonds is 0. The lowest BCUT2D eigenvalue weighted by Crippen LogP contribution is -2.41. The van der Waals surface area contributed by atoms with Gasteiger partial charge in [-0.1, -0.05) is 0 Å². The Bertz CT molecular complexity index is 238. The quantitative estimate of drug-likeness (QED) is 0.483. The van der Waals surface area contributed by atoms with E-state index in [0.29, 0.717) is 0 Å². The molecule has 0 aromatic carbocycles. The summed E-state index contributed by atoms with van der Waals surface area (Å²) in [5.41, 5.74) is -0.160. The van der Waals surface area contributed by atoms with E-state index in [-0.39, 0.29) is 5.66 Å². The van der Waals surface area contributed by atoms with E-state index < -0.39 is 0 Å². The molecule has 0 unspecified atom stereocenters. The molecule has 0 saturated heterocycles. The minimum atomic E-state index is -0.160. The van der Waals surface area contributed by atoms with E-state index >= 15 is 0 Å². The zero-order valence-corrected chi connectivity index (χ0v) is 7.80. The lowest BCUT2D eigenvalue weighted by Gasteiger charge is -2.21. The van der Waals surface area contributed by atoms with Crippen molar-refractivity contribution in [3.05, 3.63) is 0 Å². The molecule has 0 bridgehead atoms. The van der Waals surface area contributed by atoms with Gasteiger partial charge in [-0.3, -0.25) is 0 Å². The van der Waals surface area contributed by atoms with E-state index in [0.717, 1.165) is 11.8 Å². The maximum Gasteiger partial charge on any atom is 0.341 e. The fourth-order valence-electron chi connectivity index (χ4n) is 1.15. The van der Waals surface area contributed by atoms with Crippen molar-refractivity contribution in [2.75, 3.05) is 7.05 Å². The van der Waals surface area contributed by atoms with Crippen LogP contribution in [0.15, 0.2) is 4.99 Å². The molecule has 1 rings (SSSR count). The molecule has 1 aliphatic rings. The van der Waals surface area contributed by atoms with Crippen molar-refractivity contribution in [3.63, 3.8) is 0 Å². The first-order valence-electron chi connectivity index (χ1n) is 3.75. The first-order chi connectivity index (χ1) is 4.93. The molecule has 3 heteroatoms. The molecule has 0 aromatic heterocycles. The summed E-state index contributed by atoms with van der Waals surface area (Å²) in [5.74, 6) is 1.65. The van der Waals surface area contributed by atoms with Gasteiger partial charge in [0.2, 0.25) is 0 Å². The van der Waals surface area contributed by atoms with Crippen LogP contribution in [0.2, 0.25) is 0 Å². The molecule has 0 spiro atoms. The van der Waals surface area contributed by atoms with Gasteiger partial charge in [0.1, 0.15) is 7.05 Å². The van der Waals surface area contributed by atoms with Crippen LogP contribution in [0.5, 0.6) is 0 Å². The van der Waals surface area contributed by atoms with Gasteiger partial charge >= 0.3 is 5.90 Å². The standard InChI is InChI=1S/C8H15N2O/c1-6-9-8(3,4)10(5)7(2)11-6/h1-5H3/q+1. The van der Waals surface area contributed by atoms with Crippen LogP contribution in [0.3, 0.4) is 0 Å². The summed E-state index contributed by atoms with van der Waals surface area (Å²) in [7, 11) is 1.98. The van der Waals surface area contributed by atoms with Crippen molar-refractivity contribution in [2.24, 2.45) is 4.99 Å². The SMILES string of the molecule is CC1=NC(C)(C)[N+](C)=C(C)O1. The van der Waals surface area contributed by atoms with Crippen LogP contribution >= 0.6 is 0 Å². The van der Waals surface area contributed by atoms with Crippen molar-refractivity contribution in [2.45, 2.75) is 33.4 Å². The average molecular weight is 155 g/mol. The zero-order valence-electron chi connectivity index (χ0n) is 7.80. The Hall–Kier alpha value is -0.860. The fourth-order valence-corrected chi connectivity index (χ4v) is 1.15. The highest BCUT2D eigenvalue weighted by atomic mass is 16.5. The minimum Gasteiger partial charge on any atom is -0.394 e. The molecule has 0 saturated carbocycles. The molecule has 1 heterocycles. The summed E-state index contributed by atoms with van der Waals surface area (Å²) in [5, 5.41) is 0. The van der Waals surface area contributed by atoms with Crippen molar-refractivity contribution < 1.29 is 9.31 Å². The molecule has 0 amide bonds. The average Bonchev–Trinajstić information content (AvgIpc) is 1.81. The number of hydrogen-bond donors (Lipinski definition) is 0. The van der Waals surface area contributed by atoms with E-state index in [4.69, 9.17) is 4.74 Å². The van der Waals surface area contributed by atoms with Crippen LogP contribution in [0.4, 0.5) is 0 Å². The third-order valence-electron chi connectivity index (χ3n) is 2.02. The number of hydrogen-bond acceptors (Lipinski definition) is 2. The van der Waals surface area contributed by atoms with E-state index in [9.17, 15) is 0 Å². The molecule has 0 atom stereocenters. The molecule has 0 fully saturated rings. The smallest absolute Gasteiger partial charge is 0.341 e. The molecule has 0 aromatic rings. The summed E-state index contributed by atoms with van der Waals surface area (Å²) in [4.78, 5) is 4.35. The van der Waals surface area contributed by atoms with Crippen molar-refractivity contribution in [3.8, 4) is 0 Å². The Balaban J connectivity index is 3.04. The maximum atomic E-state index is 5.33. The summed E-state index contributed by atoms with van der Waals surface area (Å²) in [6.07, 6.45) is 0. The Labute approximate surface area is 67.4 Å². The highest BCUT2D eigenvalue weighted by Gasteiger charge is 2.33. The summed E-state index contributed by atoms with van der Waals surface area (Å²) in [6, 6.07) is 0. The number of aliphatic imine (C=N–C) groups is 1. The van der Waals surface area contributed by atoms with Crippen molar-refractivity contribution >= 4 is 11.8 Å². The minimum absolute atomic E-state index is 0.160. The second-order valence-corrected chi connectivity index (χ2v) is 3.31. The van der Waals surface area contributed by atoms with Gasteiger partial charge in [-0.15, -0.1) is 0 Å². The largest absolute Gasteiger partial charge is 0.394 e. The zero-order chi connectivity index (χ0) is 8.65. The predicted octanol–water partition coefficient (Wildman–Crippen LogP) is 1.23. The van der Waals surface area contributed by atoms with Gasteiger partial charge in [-0.05, 0) is 0 Å². The van der Waals surface area contributed by atoms with Gasteiger partial charge in [-0.25, -0.2) is 0 Å². The van der Waals surface area contributed by atoms with Crippen molar-refractivity contribution in [1.82, 2.24) is 0 Å². The molecular formula is C8H15N2O+. The second-order valence-electron chi connectivity index (χ2n) is 3.31. The molecule has 3 nitrogen and oxygen atoms in total. The van der Waals surface area contributed by atoms with Crippen LogP contribution in [0.1, 0.15) is 27.7 Å². The maximum absolute atomic E-state index is 5.33. The molecule has 62 valence electrons. The monoisotopic (exact) mass is 155 g/mol. The van der Waals surface area contributed by atoms with Crippen LogP contribution in [0, 0.1) is 0 Å². The lowest BCUT2D eigenvalue weighted by molar-refractivity contribution is -0.582. The number of nitrogens with zero attached hydrogens (tertiary/aromatic N) is 2. The second kappa shape index (κ2) is 2.32.